The first kappa shape index (κ1) is 11.2. The molecule has 2 heteroatoms. The van der Waals surface area contributed by atoms with Crippen molar-refractivity contribution in [2.45, 2.75) is 26.8 Å². The van der Waals surface area contributed by atoms with Gasteiger partial charge in [0.2, 0.25) is 0 Å². The SMILES string of the molecule is Cc1ccc(C)c(C(C)Nc2ccsc2)c1. The van der Waals surface area contributed by atoms with Crippen LogP contribution in [0.5, 0.6) is 0 Å². The summed E-state index contributed by atoms with van der Waals surface area (Å²) >= 11 is 1.72. The second-order valence-electron chi connectivity index (χ2n) is 4.24. The van der Waals surface area contributed by atoms with Gasteiger partial charge in [0.15, 0.2) is 0 Å². The maximum Gasteiger partial charge on any atom is 0.0488 e. The van der Waals surface area contributed by atoms with Gasteiger partial charge in [0.05, 0.1) is 0 Å². The number of hydrogen-bond acceptors (Lipinski definition) is 2. The van der Waals surface area contributed by atoms with E-state index in [0.29, 0.717) is 6.04 Å². The zero-order valence-corrected chi connectivity index (χ0v) is 10.8. The van der Waals surface area contributed by atoms with Crippen molar-refractivity contribution in [3.8, 4) is 0 Å². The molecule has 0 spiro atoms. The van der Waals surface area contributed by atoms with E-state index in [0.717, 1.165) is 0 Å². The summed E-state index contributed by atoms with van der Waals surface area (Å²) in [5, 5.41) is 7.75. The molecule has 0 fully saturated rings. The van der Waals surface area contributed by atoms with Crippen molar-refractivity contribution in [1.29, 1.82) is 0 Å². The summed E-state index contributed by atoms with van der Waals surface area (Å²) in [4.78, 5) is 0. The van der Waals surface area contributed by atoms with Crippen LogP contribution in [0.2, 0.25) is 0 Å². The third-order valence-corrected chi connectivity index (χ3v) is 3.49. The first-order valence-electron chi connectivity index (χ1n) is 5.52. The van der Waals surface area contributed by atoms with E-state index in [9.17, 15) is 0 Å². The Morgan fingerprint density at radius 1 is 1.19 bits per heavy atom. The zero-order valence-electron chi connectivity index (χ0n) is 9.95. The standard InChI is InChI=1S/C14H17NS/c1-10-4-5-11(2)14(8-10)12(3)15-13-6-7-16-9-13/h4-9,12,15H,1-3H3. The summed E-state index contributed by atoms with van der Waals surface area (Å²) in [6, 6.07) is 9.09. The molecule has 0 saturated heterocycles. The second-order valence-corrected chi connectivity index (χ2v) is 5.02. The van der Waals surface area contributed by atoms with Gasteiger partial charge in [-0.25, -0.2) is 0 Å². The summed E-state index contributed by atoms with van der Waals surface area (Å²) in [5.74, 6) is 0. The van der Waals surface area contributed by atoms with Crippen LogP contribution < -0.4 is 5.32 Å². The highest BCUT2D eigenvalue weighted by Crippen LogP contribution is 2.24. The van der Waals surface area contributed by atoms with Gasteiger partial charge >= 0.3 is 0 Å². The van der Waals surface area contributed by atoms with Gasteiger partial charge in [-0.3, -0.25) is 0 Å². The van der Waals surface area contributed by atoms with Crippen molar-refractivity contribution in [3.05, 3.63) is 51.7 Å². The fourth-order valence-electron chi connectivity index (χ4n) is 1.90. The largest absolute Gasteiger partial charge is 0.378 e. The van der Waals surface area contributed by atoms with E-state index in [1.165, 1.54) is 22.4 Å². The molecule has 1 N–H and O–H groups in total. The van der Waals surface area contributed by atoms with E-state index in [-0.39, 0.29) is 0 Å². The Hall–Kier alpha value is -1.28. The van der Waals surface area contributed by atoms with E-state index >= 15 is 0 Å². The van der Waals surface area contributed by atoms with Crippen molar-refractivity contribution >= 4 is 17.0 Å². The minimum Gasteiger partial charge on any atom is -0.378 e. The molecule has 1 heterocycles. The highest BCUT2D eigenvalue weighted by molar-refractivity contribution is 7.08. The van der Waals surface area contributed by atoms with Crippen molar-refractivity contribution in [1.82, 2.24) is 0 Å². The monoisotopic (exact) mass is 231 g/mol. The van der Waals surface area contributed by atoms with Gasteiger partial charge in [0.25, 0.3) is 0 Å². The molecule has 1 atom stereocenters. The Morgan fingerprint density at radius 3 is 2.69 bits per heavy atom. The lowest BCUT2D eigenvalue weighted by molar-refractivity contribution is 0.873. The molecule has 1 nitrogen and oxygen atoms in total. The topological polar surface area (TPSA) is 12.0 Å². The first-order valence-corrected chi connectivity index (χ1v) is 6.47. The minimum atomic E-state index is 0.356. The number of nitrogens with one attached hydrogen (secondary N) is 1. The van der Waals surface area contributed by atoms with Gasteiger partial charge in [-0.15, -0.1) is 0 Å². The third kappa shape index (κ3) is 2.45. The van der Waals surface area contributed by atoms with Gasteiger partial charge in [0, 0.05) is 17.1 Å². The van der Waals surface area contributed by atoms with E-state index in [4.69, 9.17) is 0 Å². The lowest BCUT2D eigenvalue weighted by atomic mass is 10.00. The second kappa shape index (κ2) is 4.71. The van der Waals surface area contributed by atoms with Crippen LogP contribution in [-0.2, 0) is 0 Å². The van der Waals surface area contributed by atoms with E-state index < -0.39 is 0 Å². The van der Waals surface area contributed by atoms with Gasteiger partial charge in [-0.1, -0.05) is 23.8 Å². The predicted molar refractivity (Wildman–Crippen MR) is 72.3 cm³/mol. The molecular weight excluding hydrogens is 214 g/mol. The fourth-order valence-corrected chi connectivity index (χ4v) is 2.50. The molecule has 1 aromatic heterocycles. The van der Waals surface area contributed by atoms with Crippen LogP contribution in [0.3, 0.4) is 0 Å². The Morgan fingerprint density at radius 2 is 2.00 bits per heavy atom. The molecule has 2 aromatic rings. The van der Waals surface area contributed by atoms with Crippen molar-refractivity contribution in [3.63, 3.8) is 0 Å². The Bertz CT molecular complexity index is 460. The highest BCUT2D eigenvalue weighted by atomic mass is 32.1. The average Bonchev–Trinajstić information content (AvgIpc) is 2.74. The van der Waals surface area contributed by atoms with Crippen LogP contribution in [-0.4, -0.2) is 0 Å². The van der Waals surface area contributed by atoms with Crippen molar-refractivity contribution in [2.75, 3.05) is 5.32 Å². The van der Waals surface area contributed by atoms with E-state index in [2.05, 4.69) is 61.1 Å². The van der Waals surface area contributed by atoms with Gasteiger partial charge in [0.1, 0.15) is 0 Å². The third-order valence-electron chi connectivity index (χ3n) is 2.81. The average molecular weight is 231 g/mol. The van der Waals surface area contributed by atoms with Crippen LogP contribution in [0.15, 0.2) is 35.0 Å². The van der Waals surface area contributed by atoms with Crippen LogP contribution in [0.25, 0.3) is 0 Å². The highest BCUT2D eigenvalue weighted by Gasteiger charge is 2.08. The number of thiophene rings is 1. The molecule has 0 amide bonds. The quantitative estimate of drug-likeness (QED) is 0.818. The van der Waals surface area contributed by atoms with E-state index in [1.54, 1.807) is 11.3 Å². The van der Waals surface area contributed by atoms with Crippen molar-refractivity contribution < 1.29 is 0 Å². The van der Waals surface area contributed by atoms with Crippen LogP contribution >= 0.6 is 11.3 Å². The fraction of sp³-hybridized carbons (Fsp3) is 0.286. The molecule has 84 valence electrons. The number of aryl methyl sites for hydroxylation is 2. The summed E-state index contributed by atoms with van der Waals surface area (Å²) in [5.41, 5.74) is 5.25. The maximum absolute atomic E-state index is 3.52. The van der Waals surface area contributed by atoms with Crippen LogP contribution in [0.1, 0.15) is 29.7 Å². The molecule has 1 aromatic carbocycles. The Labute approximate surface area is 101 Å². The number of anilines is 1. The normalized spacial score (nSPS) is 12.4. The molecule has 1 unspecified atom stereocenters. The summed E-state index contributed by atoms with van der Waals surface area (Å²) in [6.45, 7) is 6.51. The predicted octanol–water partition coefficient (Wildman–Crippen LogP) is 4.54. The van der Waals surface area contributed by atoms with Crippen molar-refractivity contribution in [2.24, 2.45) is 0 Å². The van der Waals surface area contributed by atoms with Crippen LogP contribution in [0, 0.1) is 13.8 Å². The molecule has 0 aliphatic carbocycles. The minimum absolute atomic E-state index is 0.356. The molecule has 0 saturated carbocycles. The van der Waals surface area contributed by atoms with Gasteiger partial charge in [-0.2, -0.15) is 11.3 Å². The van der Waals surface area contributed by atoms with Gasteiger partial charge in [-0.05, 0) is 43.3 Å². The first-order chi connectivity index (χ1) is 7.66. The Balaban J connectivity index is 2.20. The smallest absolute Gasteiger partial charge is 0.0488 e. The lowest BCUT2D eigenvalue weighted by Gasteiger charge is -2.17. The molecule has 0 bridgehead atoms. The summed E-state index contributed by atoms with van der Waals surface area (Å²) in [6.07, 6.45) is 0. The summed E-state index contributed by atoms with van der Waals surface area (Å²) in [7, 11) is 0. The molecule has 0 radical (unpaired) electrons. The lowest BCUT2D eigenvalue weighted by Crippen LogP contribution is -2.07. The maximum atomic E-state index is 3.52. The van der Waals surface area contributed by atoms with E-state index in [1.807, 2.05) is 0 Å². The number of hydrogen-bond donors (Lipinski definition) is 1. The Kier molecular flexibility index (Phi) is 3.30. The molecule has 0 aliphatic rings. The molecular formula is C14H17NS. The summed E-state index contributed by atoms with van der Waals surface area (Å²) < 4.78 is 0. The number of benzene rings is 1. The zero-order chi connectivity index (χ0) is 11.5. The van der Waals surface area contributed by atoms with Crippen LogP contribution in [0.4, 0.5) is 5.69 Å². The molecule has 16 heavy (non-hydrogen) atoms. The van der Waals surface area contributed by atoms with Gasteiger partial charge < -0.3 is 5.32 Å². The molecule has 0 aliphatic heterocycles. The molecule has 2 rings (SSSR count). The number of rotatable bonds is 3.